The third kappa shape index (κ3) is 3.19. The van der Waals surface area contributed by atoms with E-state index in [4.69, 9.17) is 10.7 Å². The van der Waals surface area contributed by atoms with E-state index in [1.165, 1.54) is 0 Å². The highest BCUT2D eigenvalue weighted by molar-refractivity contribution is 5.81. The fourth-order valence-corrected chi connectivity index (χ4v) is 2.97. The van der Waals surface area contributed by atoms with E-state index in [0.717, 1.165) is 39.2 Å². The van der Waals surface area contributed by atoms with Gasteiger partial charge in [-0.1, -0.05) is 42.5 Å². The molecule has 0 unspecified atom stereocenters. The molecule has 128 valence electrons. The summed E-state index contributed by atoms with van der Waals surface area (Å²) in [5.41, 5.74) is 12.5. The van der Waals surface area contributed by atoms with E-state index in [9.17, 15) is 0 Å². The molecule has 0 saturated carbocycles. The number of nitrogens with one attached hydrogen (secondary N) is 1. The van der Waals surface area contributed by atoms with E-state index >= 15 is 0 Å². The lowest BCUT2D eigenvalue weighted by molar-refractivity contribution is 1.06. The van der Waals surface area contributed by atoms with Gasteiger partial charge in [0.1, 0.15) is 5.52 Å². The molecule has 4 aromatic rings. The predicted octanol–water partition coefficient (Wildman–Crippen LogP) is 3.91. The second-order valence-electron chi connectivity index (χ2n) is 6.08. The van der Waals surface area contributed by atoms with Crippen molar-refractivity contribution >= 4 is 22.7 Å². The third-order valence-electron chi connectivity index (χ3n) is 4.32. The Balaban J connectivity index is 1.80. The van der Waals surface area contributed by atoms with E-state index in [1.54, 1.807) is 0 Å². The van der Waals surface area contributed by atoms with Crippen LogP contribution in [0.1, 0.15) is 11.3 Å². The number of hydrogen-bond donors (Lipinski definition) is 2. The normalized spacial score (nSPS) is 10.8. The van der Waals surface area contributed by atoms with Crippen LogP contribution in [0.5, 0.6) is 0 Å². The summed E-state index contributed by atoms with van der Waals surface area (Å²) < 4.78 is 0. The minimum Gasteiger partial charge on any atom is -0.388 e. The Morgan fingerprint density at radius 1 is 0.846 bits per heavy atom. The van der Waals surface area contributed by atoms with Crippen LogP contribution in [0.2, 0.25) is 0 Å². The van der Waals surface area contributed by atoms with Gasteiger partial charge in [0, 0.05) is 24.7 Å². The summed E-state index contributed by atoms with van der Waals surface area (Å²) in [6.45, 7) is 0. The number of rotatable bonds is 4. The van der Waals surface area contributed by atoms with Crippen LogP contribution >= 0.6 is 0 Å². The monoisotopic (exact) mass is 341 g/mol. The number of nitrogens with two attached hydrogens (primary N) is 1. The minimum atomic E-state index is 0.274. The Bertz CT molecular complexity index is 1040. The Hall–Kier alpha value is -3.47. The van der Waals surface area contributed by atoms with Crippen molar-refractivity contribution in [1.29, 1.82) is 0 Å². The smallest absolute Gasteiger partial charge is 0.220 e. The first-order valence-corrected chi connectivity index (χ1v) is 8.48. The Morgan fingerprint density at radius 2 is 1.62 bits per heavy atom. The van der Waals surface area contributed by atoms with Gasteiger partial charge in [-0.3, -0.25) is 0 Å². The molecule has 5 nitrogen and oxygen atoms in total. The SMILES string of the molecule is CNc1ccc(-c2ccc3nc(N)nc(Cc4ccccc4)c3n2)cc1. The number of anilines is 2. The Labute approximate surface area is 152 Å². The summed E-state index contributed by atoms with van der Waals surface area (Å²) in [7, 11) is 1.90. The van der Waals surface area contributed by atoms with Crippen molar-refractivity contribution in [3.05, 3.63) is 78.0 Å². The van der Waals surface area contributed by atoms with Gasteiger partial charge >= 0.3 is 0 Å². The molecule has 0 saturated heterocycles. The van der Waals surface area contributed by atoms with E-state index < -0.39 is 0 Å². The molecule has 2 aromatic heterocycles. The molecule has 0 spiro atoms. The predicted molar refractivity (Wildman–Crippen MR) is 106 cm³/mol. The molecule has 2 aromatic carbocycles. The van der Waals surface area contributed by atoms with Gasteiger partial charge in [0.05, 0.1) is 16.9 Å². The maximum atomic E-state index is 5.90. The van der Waals surface area contributed by atoms with E-state index in [-0.39, 0.29) is 5.95 Å². The lowest BCUT2D eigenvalue weighted by Gasteiger charge is -2.09. The van der Waals surface area contributed by atoms with Crippen molar-refractivity contribution in [1.82, 2.24) is 15.0 Å². The molecule has 0 aliphatic heterocycles. The van der Waals surface area contributed by atoms with Gasteiger partial charge in [0.15, 0.2) is 0 Å². The number of fused-ring (bicyclic) bond motifs is 1. The summed E-state index contributed by atoms with van der Waals surface area (Å²) in [4.78, 5) is 13.6. The molecule has 0 bridgehead atoms. The van der Waals surface area contributed by atoms with Crippen LogP contribution in [0, 0.1) is 0 Å². The van der Waals surface area contributed by atoms with Crippen molar-refractivity contribution in [2.45, 2.75) is 6.42 Å². The summed E-state index contributed by atoms with van der Waals surface area (Å²) >= 11 is 0. The molecular weight excluding hydrogens is 322 g/mol. The highest BCUT2D eigenvalue weighted by Crippen LogP contribution is 2.24. The topological polar surface area (TPSA) is 76.7 Å². The van der Waals surface area contributed by atoms with E-state index in [2.05, 4.69) is 39.6 Å². The maximum absolute atomic E-state index is 5.90. The third-order valence-corrected chi connectivity index (χ3v) is 4.32. The molecule has 0 aliphatic rings. The fourth-order valence-electron chi connectivity index (χ4n) is 2.97. The molecule has 0 aliphatic carbocycles. The van der Waals surface area contributed by atoms with Crippen LogP contribution in [0.15, 0.2) is 66.7 Å². The molecule has 0 radical (unpaired) electrons. The number of hydrogen-bond acceptors (Lipinski definition) is 5. The number of nitrogen functional groups attached to an aromatic ring is 1. The quantitative estimate of drug-likeness (QED) is 0.588. The van der Waals surface area contributed by atoms with Crippen molar-refractivity contribution in [3.63, 3.8) is 0 Å². The fraction of sp³-hybridized carbons (Fsp3) is 0.0952. The number of benzene rings is 2. The molecule has 0 atom stereocenters. The average molecular weight is 341 g/mol. The standard InChI is InChI=1S/C21H19N5/c1-23-16-9-7-15(8-10-16)17-11-12-18-20(24-17)19(26-21(22)25-18)13-14-5-3-2-4-6-14/h2-12,23H,13H2,1H3,(H2,22,25,26). The van der Waals surface area contributed by atoms with Gasteiger partial charge < -0.3 is 11.1 Å². The zero-order chi connectivity index (χ0) is 17.9. The van der Waals surface area contributed by atoms with E-state index in [0.29, 0.717) is 6.42 Å². The Kier molecular flexibility index (Phi) is 4.19. The zero-order valence-corrected chi connectivity index (χ0v) is 14.5. The molecule has 5 heteroatoms. The van der Waals surface area contributed by atoms with Gasteiger partial charge in [-0.15, -0.1) is 0 Å². The highest BCUT2D eigenvalue weighted by Gasteiger charge is 2.11. The molecular formula is C21H19N5. The molecule has 4 rings (SSSR count). The highest BCUT2D eigenvalue weighted by atomic mass is 15.0. The van der Waals surface area contributed by atoms with Crippen LogP contribution in [0.3, 0.4) is 0 Å². The van der Waals surface area contributed by atoms with Crippen LogP contribution in [0.25, 0.3) is 22.3 Å². The van der Waals surface area contributed by atoms with Crippen LogP contribution in [0.4, 0.5) is 11.6 Å². The number of pyridine rings is 1. The first-order valence-electron chi connectivity index (χ1n) is 8.48. The first-order chi connectivity index (χ1) is 12.7. The average Bonchev–Trinajstić information content (AvgIpc) is 2.68. The molecule has 0 amide bonds. The number of aromatic nitrogens is 3. The number of nitrogens with zero attached hydrogens (tertiary/aromatic N) is 3. The van der Waals surface area contributed by atoms with Crippen molar-refractivity contribution in [2.24, 2.45) is 0 Å². The first kappa shape index (κ1) is 16.0. The second kappa shape index (κ2) is 6.80. The Morgan fingerprint density at radius 3 is 2.35 bits per heavy atom. The molecule has 3 N–H and O–H groups in total. The zero-order valence-electron chi connectivity index (χ0n) is 14.5. The molecule has 2 heterocycles. The van der Waals surface area contributed by atoms with Crippen LogP contribution < -0.4 is 11.1 Å². The molecule has 0 fully saturated rings. The van der Waals surface area contributed by atoms with Crippen molar-refractivity contribution in [3.8, 4) is 11.3 Å². The van der Waals surface area contributed by atoms with Gasteiger partial charge in [-0.2, -0.15) is 0 Å². The molecule has 26 heavy (non-hydrogen) atoms. The van der Waals surface area contributed by atoms with Crippen LogP contribution in [-0.4, -0.2) is 22.0 Å². The summed E-state index contributed by atoms with van der Waals surface area (Å²) in [5, 5.41) is 3.12. The lowest BCUT2D eigenvalue weighted by Crippen LogP contribution is -2.03. The van der Waals surface area contributed by atoms with Crippen molar-refractivity contribution < 1.29 is 0 Å². The largest absolute Gasteiger partial charge is 0.388 e. The van der Waals surface area contributed by atoms with Gasteiger partial charge in [0.2, 0.25) is 5.95 Å². The van der Waals surface area contributed by atoms with Gasteiger partial charge in [0.25, 0.3) is 0 Å². The lowest BCUT2D eigenvalue weighted by atomic mass is 10.1. The minimum absolute atomic E-state index is 0.274. The van der Waals surface area contributed by atoms with Gasteiger partial charge in [-0.05, 0) is 29.8 Å². The van der Waals surface area contributed by atoms with Crippen LogP contribution in [-0.2, 0) is 6.42 Å². The second-order valence-corrected chi connectivity index (χ2v) is 6.08. The summed E-state index contributed by atoms with van der Waals surface area (Å²) in [6, 6.07) is 22.3. The van der Waals surface area contributed by atoms with Gasteiger partial charge in [-0.25, -0.2) is 15.0 Å². The summed E-state index contributed by atoms with van der Waals surface area (Å²) in [5.74, 6) is 0.274. The van der Waals surface area contributed by atoms with E-state index in [1.807, 2.05) is 49.5 Å². The van der Waals surface area contributed by atoms with Crippen molar-refractivity contribution in [2.75, 3.05) is 18.1 Å². The maximum Gasteiger partial charge on any atom is 0.220 e. The summed E-state index contributed by atoms with van der Waals surface area (Å²) in [6.07, 6.45) is 0.666.